The summed E-state index contributed by atoms with van der Waals surface area (Å²) < 4.78 is 0. The number of nitrogen functional groups attached to an aromatic ring is 1. The van der Waals surface area contributed by atoms with Crippen molar-refractivity contribution in [3.8, 4) is 17.0 Å². The first kappa shape index (κ1) is 19.8. The molecular weight excluding hydrogens is 392 g/mol. The molecule has 2 aromatic heterocycles. The van der Waals surface area contributed by atoms with Crippen molar-refractivity contribution in [1.82, 2.24) is 15.0 Å². The fourth-order valence-corrected chi connectivity index (χ4v) is 2.93. The van der Waals surface area contributed by atoms with Crippen molar-refractivity contribution >= 4 is 23.2 Å². The van der Waals surface area contributed by atoms with Crippen molar-refractivity contribution in [2.45, 2.75) is 6.54 Å². The van der Waals surface area contributed by atoms with Crippen LogP contribution >= 0.6 is 0 Å². The van der Waals surface area contributed by atoms with Crippen LogP contribution in [0.2, 0.25) is 0 Å². The van der Waals surface area contributed by atoms with Gasteiger partial charge in [0, 0.05) is 42.3 Å². The topological polar surface area (TPSA) is 126 Å². The summed E-state index contributed by atoms with van der Waals surface area (Å²) in [6.07, 6.45) is 5.16. The quantitative estimate of drug-likeness (QED) is 0.281. The molecule has 0 bridgehead atoms. The standard InChI is InChI=1S/C23H20N6O2/c24-19-12-18(30)7-8-21(19)28-22(31)16-5-3-15(4-6-16)13-27-23-26-11-9-20(29-23)17-2-1-10-25-14-17/h1-12,14,30H,13,24H2,(H,28,31)(H,26,27,29). The van der Waals surface area contributed by atoms with Crippen LogP contribution in [-0.4, -0.2) is 26.0 Å². The van der Waals surface area contributed by atoms with Gasteiger partial charge in [-0.1, -0.05) is 12.1 Å². The smallest absolute Gasteiger partial charge is 0.255 e. The van der Waals surface area contributed by atoms with Crippen LogP contribution in [0, 0.1) is 0 Å². The van der Waals surface area contributed by atoms with Gasteiger partial charge in [0.05, 0.1) is 17.1 Å². The molecule has 0 aliphatic rings. The number of hydrogen-bond acceptors (Lipinski definition) is 7. The van der Waals surface area contributed by atoms with Gasteiger partial charge < -0.3 is 21.5 Å². The largest absolute Gasteiger partial charge is 0.508 e. The number of benzene rings is 2. The van der Waals surface area contributed by atoms with Gasteiger partial charge in [0.15, 0.2) is 0 Å². The lowest BCUT2D eigenvalue weighted by atomic mass is 10.1. The summed E-state index contributed by atoms with van der Waals surface area (Å²) in [5.74, 6) is 0.262. The van der Waals surface area contributed by atoms with Gasteiger partial charge in [-0.15, -0.1) is 0 Å². The van der Waals surface area contributed by atoms with Gasteiger partial charge in [-0.3, -0.25) is 9.78 Å². The lowest BCUT2D eigenvalue weighted by molar-refractivity contribution is 0.102. The van der Waals surface area contributed by atoms with E-state index in [2.05, 4.69) is 25.6 Å². The number of phenolic OH excluding ortho intramolecular Hbond substituents is 1. The van der Waals surface area contributed by atoms with E-state index >= 15 is 0 Å². The molecule has 5 N–H and O–H groups in total. The SMILES string of the molecule is Nc1cc(O)ccc1NC(=O)c1ccc(CNc2nccc(-c3cccnc3)n2)cc1. The minimum atomic E-state index is -0.288. The van der Waals surface area contributed by atoms with Crippen LogP contribution in [0.5, 0.6) is 5.75 Å². The number of nitrogens with two attached hydrogens (primary N) is 1. The molecule has 1 amide bonds. The van der Waals surface area contributed by atoms with Crippen LogP contribution in [0.1, 0.15) is 15.9 Å². The van der Waals surface area contributed by atoms with Crippen molar-refractivity contribution < 1.29 is 9.90 Å². The maximum absolute atomic E-state index is 12.4. The molecule has 4 rings (SSSR count). The molecule has 8 heteroatoms. The van der Waals surface area contributed by atoms with Crippen LogP contribution in [-0.2, 0) is 6.54 Å². The van der Waals surface area contributed by atoms with E-state index in [1.165, 1.54) is 12.1 Å². The number of pyridine rings is 1. The second-order valence-corrected chi connectivity index (χ2v) is 6.78. The highest BCUT2D eigenvalue weighted by Crippen LogP contribution is 2.24. The molecule has 8 nitrogen and oxygen atoms in total. The third kappa shape index (κ3) is 4.94. The highest BCUT2D eigenvalue weighted by molar-refractivity contribution is 6.05. The number of hydrogen-bond donors (Lipinski definition) is 4. The molecule has 0 aliphatic carbocycles. The maximum atomic E-state index is 12.4. The van der Waals surface area contributed by atoms with Gasteiger partial charge in [0.25, 0.3) is 5.91 Å². The number of nitrogens with zero attached hydrogens (tertiary/aromatic N) is 3. The number of amides is 1. The number of carbonyl (C=O) groups excluding carboxylic acids is 1. The Morgan fingerprint density at radius 3 is 2.61 bits per heavy atom. The van der Waals surface area contributed by atoms with Crippen LogP contribution in [0.3, 0.4) is 0 Å². The van der Waals surface area contributed by atoms with Gasteiger partial charge in [-0.05, 0) is 48.0 Å². The Morgan fingerprint density at radius 1 is 1.03 bits per heavy atom. The van der Waals surface area contributed by atoms with Gasteiger partial charge in [0.2, 0.25) is 5.95 Å². The van der Waals surface area contributed by atoms with Crippen LogP contribution in [0.25, 0.3) is 11.3 Å². The molecule has 0 aliphatic heterocycles. The molecule has 2 aromatic carbocycles. The third-order valence-corrected chi connectivity index (χ3v) is 4.56. The summed E-state index contributed by atoms with van der Waals surface area (Å²) in [7, 11) is 0. The lowest BCUT2D eigenvalue weighted by Gasteiger charge is -2.10. The van der Waals surface area contributed by atoms with Crippen molar-refractivity contribution in [3.05, 3.63) is 90.4 Å². The minimum absolute atomic E-state index is 0.0438. The van der Waals surface area contributed by atoms with E-state index in [0.717, 1.165) is 16.8 Å². The number of phenols is 1. The van der Waals surface area contributed by atoms with Crippen molar-refractivity contribution in [1.29, 1.82) is 0 Å². The Labute approximate surface area is 178 Å². The molecule has 4 aromatic rings. The zero-order chi connectivity index (χ0) is 21.6. The molecule has 31 heavy (non-hydrogen) atoms. The number of rotatable bonds is 6. The van der Waals surface area contributed by atoms with Crippen molar-refractivity contribution in [3.63, 3.8) is 0 Å². The first-order valence-corrected chi connectivity index (χ1v) is 9.54. The molecular formula is C23H20N6O2. The number of carbonyl (C=O) groups is 1. The van der Waals surface area contributed by atoms with E-state index < -0.39 is 0 Å². The normalized spacial score (nSPS) is 10.5. The molecule has 0 saturated carbocycles. The second kappa shape index (κ2) is 8.91. The van der Waals surface area contributed by atoms with Gasteiger partial charge in [-0.2, -0.15) is 0 Å². The molecule has 0 radical (unpaired) electrons. The predicted molar refractivity (Wildman–Crippen MR) is 120 cm³/mol. The van der Waals surface area contributed by atoms with Gasteiger partial charge in [-0.25, -0.2) is 9.97 Å². The fourth-order valence-electron chi connectivity index (χ4n) is 2.93. The number of anilines is 3. The Kier molecular flexibility index (Phi) is 5.70. The van der Waals surface area contributed by atoms with Gasteiger partial charge >= 0.3 is 0 Å². The highest BCUT2D eigenvalue weighted by atomic mass is 16.3. The summed E-state index contributed by atoms with van der Waals surface area (Å²) >= 11 is 0. The molecule has 2 heterocycles. The van der Waals surface area contributed by atoms with E-state index in [0.29, 0.717) is 29.4 Å². The monoisotopic (exact) mass is 412 g/mol. The molecule has 0 fully saturated rings. The predicted octanol–water partition coefficient (Wildman–Crippen LogP) is 3.69. The first-order chi connectivity index (χ1) is 15.1. The first-order valence-electron chi connectivity index (χ1n) is 9.54. The van der Waals surface area contributed by atoms with E-state index in [1.54, 1.807) is 36.8 Å². The Bertz CT molecular complexity index is 1200. The summed E-state index contributed by atoms with van der Waals surface area (Å²) in [5.41, 5.74) is 9.71. The molecule has 0 spiro atoms. The maximum Gasteiger partial charge on any atom is 0.255 e. The zero-order valence-corrected chi connectivity index (χ0v) is 16.5. The summed E-state index contributed by atoms with van der Waals surface area (Å²) in [5, 5.41) is 15.3. The summed E-state index contributed by atoms with van der Waals surface area (Å²) in [6.45, 7) is 0.503. The van der Waals surface area contributed by atoms with Crippen LogP contribution < -0.4 is 16.4 Å². The summed E-state index contributed by atoms with van der Waals surface area (Å²) in [6, 6.07) is 17.2. The average Bonchev–Trinajstić information content (AvgIpc) is 2.80. The summed E-state index contributed by atoms with van der Waals surface area (Å²) in [4.78, 5) is 25.3. The zero-order valence-electron chi connectivity index (χ0n) is 16.5. The van der Waals surface area contributed by atoms with E-state index in [4.69, 9.17) is 5.73 Å². The van der Waals surface area contributed by atoms with Crippen molar-refractivity contribution in [2.24, 2.45) is 0 Å². The van der Waals surface area contributed by atoms with Crippen LogP contribution in [0.4, 0.5) is 17.3 Å². The third-order valence-electron chi connectivity index (χ3n) is 4.56. The fraction of sp³-hybridized carbons (Fsp3) is 0.0435. The Morgan fingerprint density at radius 2 is 1.87 bits per heavy atom. The second-order valence-electron chi connectivity index (χ2n) is 6.78. The number of aromatic nitrogens is 3. The molecule has 0 unspecified atom stereocenters. The Balaban J connectivity index is 1.38. The highest BCUT2D eigenvalue weighted by Gasteiger charge is 2.09. The minimum Gasteiger partial charge on any atom is -0.508 e. The van der Waals surface area contributed by atoms with Crippen LogP contribution in [0.15, 0.2) is 79.3 Å². The number of aromatic hydroxyl groups is 1. The molecule has 154 valence electrons. The van der Waals surface area contributed by atoms with Gasteiger partial charge in [0.1, 0.15) is 5.75 Å². The number of nitrogens with one attached hydrogen (secondary N) is 2. The van der Waals surface area contributed by atoms with Crippen molar-refractivity contribution in [2.75, 3.05) is 16.4 Å². The average molecular weight is 412 g/mol. The van der Waals surface area contributed by atoms with E-state index in [9.17, 15) is 9.90 Å². The lowest BCUT2D eigenvalue weighted by Crippen LogP contribution is -2.13. The molecule has 0 saturated heterocycles. The van der Waals surface area contributed by atoms with E-state index in [-0.39, 0.29) is 11.7 Å². The molecule has 0 atom stereocenters. The van der Waals surface area contributed by atoms with E-state index in [1.807, 2.05) is 30.3 Å². The Hall–Kier alpha value is -4.46.